The van der Waals surface area contributed by atoms with Crippen molar-refractivity contribution in [3.05, 3.63) is 73.8 Å². The van der Waals surface area contributed by atoms with Crippen LogP contribution in [-0.4, -0.2) is 18.1 Å². The first-order chi connectivity index (χ1) is 12.4. The number of halogens is 2. The van der Waals surface area contributed by atoms with Crippen LogP contribution in [0.3, 0.4) is 0 Å². The molecule has 0 aliphatic heterocycles. The van der Waals surface area contributed by atoms with Crippen molar-refractivity contribution in [2.24, 2.45) is 0 Å². The average Bonchev–Trinajstić information content (AvgIpc) is 2.63. The van der Waals surface area contributed by atoms with Crippen LogP contribution in [0.4, 0.5) is 0 Å². The summed E-state index contributed by atoms with van der Waals surface area (Å²) in [6.07, 6.45) is 3.39. The van der Waals surface area contributed by atoms with Gasteiger partial charge >= 0.3 is 11.6 Å². The van der Waals surface area contributed by atoms with Gasteiger partial charge in [-0.15, -0.1) is 0 Å². The minimum absolute atomic E-state index is 0. The van der Waals surface area contributed by atoms with Crippen molar-refractivity contribution in [1.29, 1.82) is 0 Å². The van der Waals surface area contributed by atoms with E-state index in [9.17, 15) is 9.59 Å². The molecule has 5 nitrogen and oxygen atoms in total. The molecule has 146 valence electrons. The molecule has 0 aliphatic rings. The number of esters is 1. The van der Waals surface area contributed by atoms with Crippen LogP contribution in [0, 0.1) is 6.92 Å². The van der Waals surface area contributed by atoms with E-state index in [4.69, 9.17) is 16.0 Å². The van der Waals surface area contributed by atoms with E-state index in [2.05, 4.69) is 25.7 Å². The molecule has 0 aliphatic carbocycles. The molecule has 0 atom stereocenters. The number of hydrogen-bond donors (Lipinski definition) is 0. The Labute approximate surface area is 172 Å². The van der Waals surface area contributed by atoms with E-state index < -0.39 is 11.6 Å². The first-order valence-electron chi connectivity index (χ1n) is 7.79. The SMILES string of the molecule is C.CC.COC(=O)c1cc2cc(Br)ccc2oc1=O.Cc1cncc(Cl)c1. The molecule has 0 saturated heterocycles. The maximum atomic E-state index is 11.4. The van der Waals surface area contributed by atoms with Crippen molar-refractivity contribution in [3.8, 4) is 0 Å². The molecule has 0 radical (unpaired) electrons. The number of aryl methyl sites for hydroxylation is 1. The summed E-state index contributed by atoms with van der Waals surface area (Å²) in [6, 6.07) is 8.49. The number of rotatable bonds is 1. The lowest BCUT2D eigenvalue weighted by Gasteiger charge is -2.00. The van der Waals surface area contributed by atoms with Crippen LogP contribution in [-0.2, 0) is 4.74 Å². The number of aromatic nitrogens is 1. The molecule has 3 aromatic rings. The Morgan fingerprint density at radius 1 is 1.19 bits per heavy atom. The van der Waals surface area contributed by atoms with Crippen LogP contribution < -0.4 is 5.63 Å². The summed E-state index contributed by atoms with van der Waals surface area (Å²) in [5, 5.41) is 1.36. The van der Waals surface area contributed by atoms with Gasteiger partial charge in [0, 0.05) is 22.3 Å². The van der Waals surface area contributed by atoms with E-state index in [0.717, 1.165) is 10.0 Å². The van der Waals surface area contributed by atoms with Crippen LogP contribution in [0.1, 0.15) is 37.2 Å². The minimum atomic E-state index is -0.698. The van der Waals surface area contributed by atoms with Gasteiger partial charge in [-0.3, -0.25) is 4.98 Å². The van der Waals surface area contributed by atoms with Gasteiger partial charge in [0.2, 0.25) is 0 Å². The third-order valence-corrected chi connectivity index (χ3v) is 3.64. The predicted molar refractivity (Wildman–Crippen MR) is 114 cm³/mol. The zero-order chi connectivity index (χ0) is 19.7. The van der Waals surface area contributed by atoms with Gasteiger partial charge in [-0.25, -0.2) is 9.59 Å². The van der Waals surface area contributed by atoms with Crippen LogP contribution in [0.5, 0.6) is 0 Å². The normalized spacial score (nSPS) is 9.11. The molecule has 2 heterocycles. The first kappa shape index (κ1) is 24.8. The van der Waals surface area contributed by atoms with E-state index in [0.29, 0.717) is 16.0 Å². The van der Waals surface area contributed by atoms with E-state index in [1.807, 2.05) is 26.8 Å². The largest absolute Gasteiger partial charge is 0.465 e. The molecular weight excluding hydrogens is 434 g/mol. The van der Waals surface area contributed by atoms with Gasteiger partial charge < -0.3 is 9.15 Å². The number of ether oxygens (including phenoxy) is 1. The Balaban J connectivity index is 0.000000522. The third kappa shape index (κ3) is 7.53. The summed E-state index contributed by atoms with van der Waals surface area (Å²) in [5.74, 6) is -0.698. The van der Waals surface area contributed by atoms with Crippen LogP contribution in [0.25, 0.3) is 11.0 Å². The monoisotopic (exact) mass is 455 g/mol. The Morgan fingerprint density at radius 2 is 1.85 bits per heavy atom. The van der Waals surface area contributed by atoms with Crippen molar-refractivity contribution in [1.82, 2.24) is 4.98 Å². The second kappa shape index (κ2) is 12.3. The molecule has 0 bridgehead atoms. The molecule has 27 heavy (non-hydrogen) atoms. The van der Waals surface area contributed by atoms with Crippen LogP contribution in [0.2, 0.25) is 5.02 Å². The highest BCUT2D eigenvalue weighted by atomic mass is 79.9. The quantitative estimate of drug-likeness (QED) is 0.329. The molecule has 1 aromatic carbocycles. The van der Waals surface area contributed by atoms with E-state index in [1.54, 1.807) is 30.6 Å². The molecule has 0 spiro atoms. The molecule has 0 N–H and O–H groups in total. The fraction of sp³-hybridized carbons (Fsp3) is 0.250. The number of carbonyl (C=O) groups is 1. The second-order valence-corrected chi connectivity index (χ2v) is 6.15. The number of pyridine rings is 1. The van der Waals surface area contributed by atoms with Crippen molar-refractivity contribution in [2.45, 2.75) is 28.2 Å². The Kier molecular flexibility index (Phi) is 11.3. The zero-order valence-electron chi connectivity index (χ0n) is 14.9. The topological polar surface area (TPSA) is 69.4 Å². The van der Waals surface area contributed by atoms with Gasteiger partial charge in [-0.05, 0) is 42.8 Å². The van der Waals surface area contributed by atoms with Crippen molar-refractivity contribution in [2.75, 3.05) is 7.11 Å². The zero-order valence-corrected chi connectivity index (χ0v) is 17.2. The lowest BCUT2D eigenvalue weighted by Crippen LogP contribution is -2.14. The standard InChI is InChI=1S/C11H7BrO4.C6H6ClN.C2H6.CH4/c1-15-10(13)8-5-6-4-7(12)2-3-9(6)16-11(8)14;1-5-2-6(7)4-8-3-5;1-2;/h2-5H,1H3;2-4H,1H3;1-2H3;1H4. The van der Waals surface area contributed by atoms with Gasteiger partial charge in [-0.2, -0.15) is 0 Å². The number of nitrogens with zero attached hydrogens (tertiary/aromatic N) is 1. The highest BCUT2D eigenvalue weighted by Crippen LogP contribution is 2.19. The van der Waals surface area contributed by atoms with Crippen LogP contribution in [0.15, 0.2) is 56.4 Å². The highest BCUT2D eigenvalue weighted by Gasteiger charge is 2.13. The minimum Gasteiger partial charge on any atom is -0.465 e. The predicted octanol–water partition coefficient (Wildman–Crippen LogP) is 6.05. The maximum absolute atomic E-state index is 11.4. The summed E-state index contributed by atoms with van der Waals surface area (Å²) in [4.78, 5) is 26.6. The number of fused-ring (bicyclic) bond motifs is 1. The molecule has 0 saturated carbocycles. The molecule has 7 heteroatoms. The van der Waals surface area contributed by atoms with Crippen molar-refractivity contribution < 1.29 is 13.9 Å². The van der Waals surface area contributed by atoms with Gasteiger partial charge in [0.25, 0.3) is 0 Å². The van der Waals surface area contributed by atoms with Gasteiger partial charge in [0.05, 0.1) is 12.1 Å². The Hall–Kier alpha value is -2.18. The number of hydrogen-bond acceptors (Lipinski definition) is 5. The third-order valence-electron chi connectivity index (χ3n) is 2.94. The Bertz CT molecular complexity index is 923. The number of carbonyl (C=O) groups excluding carboxylic acids is 1. The molecule has 0 unspecified atom stereocenters. The lowest BCUT2D eigenvalue weighted by molar-refractivity contribution is 0.0596. The highest BCUT2D eigenvalue weighted by molar-refractivity contribution is 9.10. The maximum Gasteiger partial charge on any atom is 0.351 e. The molecule has 2 aromatic heterocycles. The fourth-order valence-electron chi connectivity index (χ4n) is 1.86. The molecule has 0 amide bonds. The molecular formula is C20H23BrClNO4. The molecule has 0 fully saturated rings. The van der Waals surface area contributed by atoms with Crippen molar-refractivity contribution in [3.63, 3.8) is 0 Å². The first-order valence-corrected chi connectivity index (χ1v) is 8.96. The lowest BCUT2D eigenvalue weighted by atomic mass is 10.2. The second-order valence-electron chi connectivity index (χ2n) is 4.80. The van der Waals surface area contributed by atoms with E-state index >= 15 is 0 Å². The summed E-state index contributed by atoms with van der Waals surface area (Å²) < 4.78 is 10.3. The average molecular weight is 457 g/mol. The number of methoxy groups -OCH3 is 1. The van der Waals surface area contributed by atoms with Gasteiger partial charge in [0.1, 0.15) is 11.1 Å². The Morgan fingerprint density at radius 3 is 2.37 bits per heavy atom. The fourth-order valence-corrected chi connectivity index (χ4v) is 2.47. The summed E-state index contributed by atoms with van der Waals surface area (Å²) in [5.41, 5.74) is 0.730. The van der Waals surface area contributed by atoms with Crippen LogP contribution >= 0.6 is 27.5 Å². The summed E-state index contributed by atoms with van der Waals surface area (Å²) in [7, 11) is 1.22. The van der Waals surface area contributed by atoms with Gasteiger partial charge in [0.15, 0.2) is 0 Å². The van der Waals surface area contributed by atoms with E-state index in [1.165, 1.54) is 13.2 Å². The van der Waals surface area contributed by atoms with Gasteiger partial charge in [-0.1, -0.05) is 48.8 Å². The molecule has 3 rings (SSSR count). The van der Waals surface area contributed by atoms with E-state index in [-0.39, 0.29) is 13.0 Å². The number of benzene rings is 1. The van der Waals surface area contributed by atoms with Crippen molar-refractivity contribution >= 4 is 44.5 Å². The summed E-state index contributed by atoms with van der Waals surface area (Å²) >= 11 is 8.88. The smallest absolute Gasteiger partial charge is 0.351 e. The summed E-state index contributed by atoms with van der Waals surface area (Å²) in [6.45, 7) is 5.96.